The van der Waals surface area contributed by atoms with Crippen molar-refractivity contribution in [2.45, 2.75) is 0 Å². The first kappa shape index (κ1) is 53.9. The van der Waals surface area contributed by atoms with Crippen LogP contribution in [0.4, 0.5) is 0 Å². The number of rotatable bonds is 0. The maximum Gasteiger partial charge on any atom is 4.00 e. The molecule has 0 aromatic rings. The Hall–Kier alpha value is 0.778. The van der Waals surface area contributed by atoms with Crippen LogP contribution in [0.1, 0.15) is 0 Å². The van der Waals surface area contributed by atoms with Crippen molar-refractivity contribution in [3.8, 4) is 0 Å². The first-order chi connectivity index (χ1) is 12.0. The van der Waals surface area contributed by atoms with Crippen molar-refractivity contribution in [1.82, 2.24) is 0 Å². The molecule has 32 heavy (non-hydrogen) atoms. The molecule has 0 bridgehead atoms. The molecule has 0 spiro atoms. The molecule has 0 N–H and O–H groups in total. The fourth-order valence-electron chi connectivity index (χ4n) is 0. The van der Waals surface area contributed by atoms with E-state index in [1.54, 1.807) is 0 Å². The summed E-state index contributed by atoms with van der Waals surface area (Å²) in [4.78, 5) is 0. The van der Waals surface area contributed by atoms with E-state index in [0.717, 1.165) is 0 Å². The van der Waals surface area contributed by atoms with Gasteiger partial charge in [0.1, 0.15) is 0 Å². The summed E-state index contributed by atoms with van der Waals surface area (Å²) in [6.07, 6.45) is 3.62. The average molecular weight is 753 g/mol. The van der Waals surface area contributed by atoms with E-state index in [1.165, 1.54) is 0 Å². The first-order valence-electron chi connectivity index (χ1n) is 5.45. The van der Waals surface area contributed by atoms with Gasteiger partial charge in [-0.25, -0.2) is 50.5 Å². The molecule has 0 aliphatic rings. The zero-order chi connectivity index (χ0) is 27.0. The minimum atomic E-state index is -3.92. The van der Waals surface area contributed by atoms with Gasteiger partial charge in [-0.1, -0.05) is 0 Å². The largest absolute Gasteiger partial charge is 4.00 e. The van der Waals surface area contributed by atoms with Crippen LogP contribution >= 0.6 is 0 Å². The van der Waals surface area contributed by atoms with Crippen molar-refractivity contribution in [3.05, 3.63) is 0 Å². The Morgan fingerprint density at radius 2 is 0.312 bits per heavy atom. The van der Waals surface area contributed by atoms with E-state index in [-0.39, 0.29) is 41.0 Å². The smallest absolute Gasteiger partial charge is 0.748 e. The van der Waals surface area contributed by atoms with Crippen molar-refractivity contribution in [3.63, 3.8) is 0 Å². The maximum atomic E-state index is 9.08. The second-order valence-corrected chi connectivity index (χ2v) is 12.7. The summed E-state index contributed by atoms with van der Waals surface area (Å²) in [6.45, 7) is 0. The molecule has 0 unspecified atom stereocenters. The van der Waals surface area contributed by atoms with Crippen LogP contribution in [0.5, 0.6) is 0 Å². The van der Waals surface area contributed by atoms with Crippen LogP contribution in [0, 0.1) is 0 Å². The van der Waals surface area contributed by atoms with Gasteiger partial charge in [-0.3, -0.25) is 0 Å². The fraction of sp³-hybridized carbons (Fsp3) is 1.00. The third-order valence-electron chi connectivity index (χ3n) is 0. The van der Waals surface area contributed by atoms with E-state index >= 15 is 0 Å². The van der Waals surface area contributed by atoms with Crippen molar-refractivity contribution in [2.75, 3.05) is 37.5 Å². The minimum Gasteiger partial charge on any atom is -0.748 e. The summed E-state index contributed by atoms with van der Waals surface area (Å²) in [5, 5.41) is 0. The van der Waals surface area contributed by atoms with Crippen LogP contribution in [-0.4, -0.2) is 139 Å². The van der Waals surface area contributed by atoms with Gasteiger partial charge < -0.3 is 27.3 Å². The molecule has 0 atom stereocenters. The van der Waals surface area contributed by atoms with E-state index in [0.29, 0.717) is 37.5 Å². The molecule has 26 heteroatoms. The molecule has 1 radical (unpaired) electrons. The average Bonchev–Trinajstić information content (AvgIpc) is 1.94. The van der Waals surface area contributed by atoms with Crippen LogP contribution in [0.25, 0.3) is 0 Å². The van der Waals surface area contributed by atoms with Crippen LogP contribution in [-0.2, 0) is 77.8 Å². The quantitative estimate of drug-likeness (QED) is 0.164. The van der Waals surface area contributed by atoms with Crippen molar-refractivity contribution in [2.24, 2.45) is 0 Å². The summed E-state index contributed by atoms with van der Waals surface area (Å²) >= 11 is 0. The van der Waals surface area contributed by atoms with Gasteiger partial charge in [0, 0.05) is 37.5 Å². The second kappa shape index (κ2) is 22.3. The van der Waals surface area contributed by atoms with Gasteiger partial charge in [0.25, 0.3) is 0 Å². The Morgan fingerprint density at radius 3 is 0.312 bits per heavy atom. The monoisotopic (exact) mass is 753 g/mol. The van der Waals surface area contributed by atoms with Gasteiger partial charge in [0.05, 0.1) is 60.7 Å². The molecule has 0 saturated heterocycles. The SMILES string of the molecule is CS(=O)(=O)[O-].CS(=O)(=O)[O-].CS(=O)(=O)[O-].CS(=O)(=O)[O-].CS(=O)(=O)[O-].CS(=O)(=O)[O-].[Cu+2].[Sn+4]. The van der Waals surface area contributed by atoms with E-state index < -0.39 is 60.7 Å². The van der Waals surface area contributed by atoms with Gasteiger partial charge in [-0.05, 0) is 0 Å². The van der Waals surface area contributed by atoms with E-state index in [9.17, 15) is 0 Å². The molecule has 0 fully saturated rings. The molecular weight excluding hydrogens is 735 g/mol. The van der Waals surface area contributed by atoms with E-state index in [2.05, 4.69) is 0 Å². The Kier molecular flexibility index (Phi) is 37.5. The van der Waals surface area contributed by atoms with E-state index in [4.69, 9.17) is 77.8 Å². The minimum absolute atomic E-state index is 0. The molecule has 0 aliphatic heterocycles. The van der Waals surface area contributed by atoms with Crippen molar-refractivity contribution in [1.29, 1.82) is 0 Å². The summed E-state index contributed by atoms with van der Waals surface area (Å²) in [5.74, 6) is 0. The molecule has 0 saturated carbocycles. The third kappa shape index (κ3) is 45100. The predicted molar refractivity (Wildman–Crippen MR) is 99.5 cm³/mol. The first-order valence-corrected chi connectivity index (χ1v) is 16.3. The van der Waals surface area contributed by atoms with Crippen molar-refractivity contribution < 1.29 is 94.9 Å². The van der Waals surface area contributed by atoms with Gasteiger partial charge in [0.2, 0.25) is 0 Å². The fourth-order valence-corrected chi connectivity index (χ4v) is 0. The normalized spacial score (nSPS) is 10.9. The Morgan fingerprint density at radius 1 is 0.312 bits per heavy atom. The van der Waals surface area contributed by atoms with Gasteiger partial charge in [0.15, 0.2) is 0 Å². The number of hydrogen-bond donors (Lipinski definition) is 0. The molecule has 201 valence electrons. The van der Waals surface area contributed by atoms with Crippen LogP contribution in [0.3, 0.4) is 0 Å². The zero-order valence-corrected chi connectivity index (χ0v) is 25.3. The summed E-state index contributed by atoms with van der Waals surface area (Å²) < 4.78 is 163. The van der Waals surface area contributed by atoms with E-state index in [1.807, 2.05) is 0 Å². The summed E-state index contributed by atoms with van der Waals surface area (Å²) in [6, 6.07) is 0. The Balaban J connectivity index is -0.0000000356. The number of hydrogen-bond acceptors (Lipinski definition) is 18. The third-order valence-corrected chi connectivity index (χ3v) is 0. The standard InChI is InChI=1S/6CH4O3S.Cu.Sn/c6*1-5(2,3)4;;/h6*1H3,(H,2,3,4);;/q;;;;;;+2;+4/p-6. The molecule has 0 heterocycles. The molecule has 0 rings (SSSR count). The Labute approximate surface area is 215 Å². The van der Waals surface area contributed by atoms with Gasteiger partial charge in [-0.15, -0.1) is 0 Å². The molecule has 0 amide bonds. The van der Waals surface area contributed by atoms with Crippen LogP contribution in [0.2, 0.25) is 0 Å². The topological polar surface area (TPSA) is 343 Å². The maximum absolute atomic E-state index is 9.08. The predicted octanol–water partition coefficient (Wildman–Crippen LogP) is -5.41. The van der Waals surface area contributed by atoms with Gasteiger partial charge in [-0.2, -0.15) is 0 Å². The summed E-state index contributed by atoms with van der Waals surface area (Å²) in [5.41, 5.74) is 0. The molecule has 0 aromatic carbocycles. The zero-order valence-electron chi connectivity index (χ0n) is 16.6. The second-order valence-electron chi connectivity index (χ2n) is 4.22. The van der Waals surface area contributed by atoms with Crippen molar-refractivity contribution >= 4 is 84.6 Å². The Bertz CT molecular complexity index is 786. The molecule has 0 aromatic heterocycles. The van der Waals surface area contributed by atoms with Crippen LogP contribution in [0.15, 0.2) is 0 Å². The van der Waals surface area contributed by atoms with Gasteiger partial charge >= 0.3 is 41.0 Å². The molecular formula is C6H18CuO18S6Sn. The molecule has 0 aliphatic carbocycles. The summed E-state index contributed by atoms with van der Waals surface area (Å²) in [7, 11) is -23.5. The van der Waals surface area contributed by atoms with Crippen LogP contribution < -0.4 is 0 Å². The molecule has 18 nitrogen and oxygen atoms in total.